The number of nitrogens with zero attached hydrogens (tertiary/aromatic N) is 1. The second-order valence-electron chi connectivity index (χ2n) is 5.02. The minimum Gasteiger partial charge on any atom is -0.465 e. The van der Waals surface area contributed by atoms with Crippen LogP contribution in [0.15, 0.2) is 34.1 Å². The number of esters is 1. The number of benzene rings is 1. The SMILES string of the molecule is CCOC(=O)C(C)(C)c1csc(Nc2ccc(Br)cc2)n1. The number of nitrogens with one attached hydrogen (secondary N) is 1. The number of anilines is 2. The molecule has 0 amide bonds. The fourth-order valence-electron chi connectivity index (χ4n) is 1.69. The van der Waals surface area contributed by atoms with Gasteiger partial charge in [0, 0.05) is 15.5 Å². The van der Waals surface area contributed by atoms with Crippen molar-refractivity contribution in [3.05, 3.63) is 39.8 Å². The highest BCUT2D eigenvalue weighted by Gasteiger charge is 2.33. The zero-order valence-corrected chi connectivity index (χ0v) is 14.5. The summed E-state index contributed by atoms with van der Waals surface area (Å²) in [5.41, 5.74) is 0.921. The maximum absolute atomic E-state index is 12.0. The Morgan fingerprint density at radius 1 is 1.38 bits per heavy atom. The van der Waals surface area contributed by atoms with Gasteiger partial charge >= 0.3 is 5.97 Å². The van der Waals surface area contributed by atoms with E-state index in [1.54, 1.807) is 6.92 Å². The van der Waals surface area contributed by atoms with Gasteiger partial charge in [0.05, 0.1) is 12.3 Å². The van der Waals surface area contributed by atoms with Crippen LogP contribution < -0.4 is 5.32 Å². The molecular formula is C15H17BrN2O2S. The molecule has 0 spiro atoms. The number of ether oxygens (including phenoxy) is 1. The molecule has 0 radical (unpaired) electrons. The van der Waals surface area contributed by atoms with Crippen molar-refractivity contribution in [1.82, 2.24) is 4.98 Å². The number of hydrogen-bond donors (Lipinski definition) is 1. The lowest BCUT2D eigenvalue weighted by Crippen LogP contribution is -2.31. The van der Waals surface area contributed by atoms with Gasteiger partial charge in [-0.2, -0.15) is 0 Å². The fourth-order valence-corrected chi connectivity index (χ4v) is 2.85. The normalized spacial score (nSPS) is 11.2. The molecule has 1 aromatic carbocycles. The summed E-state index contributed by atoms with van der Waals surface area (Å²) in [6, 6.07) is 7.84. The van der Waals surface area contributed by atoms with Crippen LogP contribution in [0.2, 0.25) is 0 Å². The molecular weight excluding hydrogens is 352 g/mol. The molecule has 1 aromatic heterocycles. The van der Waals surface area contributed by atoms with Crippen LogP contribution in [0.1, 0.15) is 26.5 Å². The maximum atomic E-state index is 12.0. The summed E-state index contributed by atoms with van der Waals surface area (Å²) in [4.78, 5) is 16.5. The third-order valence-electron chi connectivity index (χ3n) is 3.03. The molecule has 2 rings (SSSR count). The van der Waals surface area contributed by atoms with Gasteiger partial charge in [0.2, 0.25) is 0 Å². The van der Waals surface area contributed by atoms with E-state index in [0.29, 0.717) is 12.3 Å². The minimum atomic E-state index is -0.744. The number of rotatable bonds is 5. The van der Waals surface area contributed by atoms with Crippen molar-refractivity contribution in [3.8, 4) is 0 Å². The lowest BCUT2D eigenvalue weighted by Gasteiger charge is -2.19. The molecule has 0 saturated heterocycles. The van der Waals surface area contributed by atoms with Crippen LogP contribution in [0.25, 0.3) is 0 Å². The van der Waals surface area contributed by atoms with Gasteiger partial charge in [-0.25, -0.2) is 4.98 Å². The highest BCUT2D eigenvalue weighted by atomic mass is 79.9. The molecule has 0 aliphatic carbocycles. The van der Waals surface area contributed by atoms with Crippen LogP contribution in [-0.4, -0.2) is 17.6 Å². The molecule has 0 aliphatic rings. The average molecular weight is 369 g/mol. The predicted molar refractivity (Wildman–Crippen MR) is 89.2 cm³/mol. The van der Waals surface area contributed by atoms with Crippen LogP contribution in [0.3, 0.4) is 0 Å². The van der Waals surface area contributed by atoms with Crippen molar-refractivity contribution in [2.75, 3.05) is 11.9 Å². The van der Waals surface area contributed by atoms with Gasteiger partial charge < -0.3 is 10.1 Å². The zero-order valence-electron chi connectivity index (χ0n) is 12.1. The van der Waals surface area contributed by atoms with Crippen LogP contribution >= 0.6 is 27.3 Å². The summed E-state index contributed by atoms with van der Waals surface area (Å²) >= 11 is 4.87. The van der Waals surface area contributed by atoms with E-state index in [0.717, 1.165) is 15.3 Å². The molecule has 1 heterocycles. The van der Waals surface area contributed by atoms with Crippen molar-refractivity contribution in [1.29, 1.82) is 0 Å². The monoisotopic (exact) mass is 368 g/mol. The third kappa shape index (κ3) is 3.83. The molecule has 0 saturated carbocycles. The predicted octanol–water partition coefficient (Wildman–Crippen LogP) is 4.49. The Hall–Kier alpha value is -1.40. The van der Waals surface area contributed by atoms with Crippen molar-refractivity contribution in [2.45, 2.75) is 26.2 Å². The minimum absolute atomic E-state index is 0.259. The molecule has 4 nitrogen and oxygen atoms in total. The Morgan fingerprint density at radius 3 is 2.67 bits per heavy atom. The van der Waals surface area contributed by atoms with Gasteiger partial charge in [-0.3, -0.25) is 4.79 Å². The summed E-state index contributed by atoms with van der Waals surface area (Å²) in [5.74, 6) is -0.259. The number of halogens is 1. The first-order chi connectivity index (χ1) is 9.93. The lowest BCUT2D eigenvalue weighted by molar-refractivity contribution is -0.148. The average Bonchev–Trinajstić information content (AvgIpc) is 2.91. The Morgan fingerprint density at radius 2 is 2.05 bits per heavy atom. The van der Waals surface area contributed by atoms with E-state index in [4.69, 9.17) is 4.74 Å². The maximum Gasteiger partial charge on any atom is 0.317 e. The Bertz CT molecular complexity index is 623. The zero-order chi connectivity index (χ0) is 15.5. The van der Waals surface area contributed by atoms with E-state index < -0.39 is 5.41 Å². The summed E-state index contributed by atoms with van der Waals surface area (Å²) in [6.07, 6.45) is 0. The van der Waals surface area contributed by atoms with Gasteiger partial charge in [-0.05, 0) is 45.0 Å². The third-order valence-corrected chi connectivity index (χ3v) is 4.31. The number of hydrogen-bond acceptors (Lipinski definition) is 5. The van der Waals surface area contributed by atoms with Gasteiger partial charge in [0.1, 0.15) is 5.41 Å². The quantitative estimate of drug-likeness (QED) is 0.789. The van der Waals surface area contributed by atoms with E-state index in [9.17, 15) is 4.79 Å². The van der Waals surface area contributed by atoms with Gasteiger partial charge in [0.15, 0.2) is 5.13 Å². The molecule has 6 heteroatoms. The summed E-state index contributed by atoms with van der Waals surface area (Å²) < 4.78 is 6.13. The standard InChI is InChI=1S/C15H17BrN2O2S/c1-4-20-13(19)15(2,3)12-9-21-14(18-12)17-11-7-5-10(16)6-8-11/h5-9H,4H2,1-3H3,(H,17,18). The number of carbonyl (C=O) groups is 1. The molecule has 0 fully saturated rings. The Balaban J connectivity index is 2.14. The molecule has 112 valence electrons. The van der Waals surface area contributed by atoms with Gasteiger partial charge in [-0.1, -0.05) is 15.9 Å². The summed E-state index contributed by atoms with van der Waals surface area (Å²) in [5, 5.41) is 5.87. The van der Waals surface area contributed by atoms with E-state index in [-0.39, 0.29) is 5.97 Å². The molecule has 0 unspecified atom stereocenters. The van der Waals surface area contributed by atoms with E-state index in [1.165, 1.54) is 11.3 Å². The Labute approximate surface area is 136 Å². The van der Waals surface area contributed by atoms with Gasteiger partial charge in [-0.15, -0.1) is 11.3 Å². The first-order valence-electron chi connectivity index (χ1n) is 6.59. The Kier molecular flexibility index (Phi) is 5.00. The van der Waals surface area contributed by atoms with Gasteiger partial charge in [0.25, 0.3) is 0 Å². The van der Waals surface area contributed by atoms with Crippen LogP contribution in [0.4, 0.5) is 10.8 Å². The van der Waals surface area contributed by atoms with Crippen molar-refractivity contribution >= 4 is 44.1 Å². The van der Waals surface area contributed by atoms with Crippen LogP contribution in [0, 0.1) is 0 Å². The number of aromatic nitrogens is 1. The van der Waals surface area contributed by atoms with Crippen molar-refractivity contribution < 1.29 is 9.53 Å². The smallest absolute Gasteiger partial charge is 0.317 e. The molecule has 2 aromatic rings. The van der Waals surface area contributed by atoms with E-state index >= 15 is 0 Å². The number of carbonyl (C=O) groups excluding carboxylic acids is 1. The summed E-state index contributed by atoms with van der Waals surface area (Å²) in [7, 11) is 0. The molecule has 0 aliphatic heterocycles. The molecule has 21 heavy (non-hydrogen) atoms. The first-order valence-corrected chi connectivity index (χ1v) is 8.26. The first kappa shape index (κ1) is 16.0. The largest absolute Gasteiger partial charge is 0.465 e. The summed E-state index contributed by atoms with van der Waals surface area (Å²) in [6.45, 7) is 5.82. The van der Waals surface area contributed by atoms with Crippen LogP contribution in [-0.2, 0) is 14.9 Å². The molecule has 0 atom stereocenters. The van der Waals surface area contributed by atoms with Crippen molar-refractivity contribution in [2.24, 2.45) is 0 Å². The van der Waals surface area contributed by atoms with E-state index in [2.05, 4.69) is 26.2 Å². The van der Waals surface area contributed by atoms with Crippen LogP contribution in [0.5, 0.6) is 0 Å². The number of thiazole rings is 1. The fraction of sp³-hybridized carbons (Fsp3) is 0.333. The lowest BCUT2D eigenvalue weighted by atomic mass is 9.90. The molecule has 0 bridgehead atoms. The second kappa shape index (κ2) is 6.58. The molecule has 1 N–H and O–H groups in total. The highest BCUT2D eigenvalue weighted by Crippen LogP contribution is 2.30. The second-order valence-corrected chi connectivity index (χ2v) is 6.79. The highest BCUT2D eigenvalue weighted by molar-refractivity contribution is 9.10. The van der Waals surface area contributed by atoms with Crippen molar-refractivity contribution in [3.63, 3.8) is 0 Å². The van der Waals surface area contributed by atoms with E-state index in [1.807, 2.05) is 43.5 Å². The topological polar surface area (TPSA) is 51.2 Å².